The third-order valence-corrected chi connectivity index (χ3v) is 5.75. The number of thiophene rings is 1. The number of aromatic nitrogens is 1. The van der Waals surface area contributed by atoms with E-state index in [4.69, 9.17) is 0 Å². The number of hydrogen-bond donors (Lipinski definition) is 1. The summed E-state index contributed by atoms with van der Waals surface area (Å²) in [6.07, 6.45) is -0.363. The van der Waals surface area contributed by atoms with Gasteiger partial charge in [0, 0.05) is 13.1 Å². The largest absolute Gasteiger partial charge is 0.389 e. The third-order valence-electron chi connectivity index (χ3n) is 3.47. The summed E-state index contributed by atoms with van der Waals surface area (Å²) in [6, 6.07) is 11.8. The molecule has 4 nitrogen and oxygen atoms in total. The van der Waals surface area contributed by atoms with E-state index < -0.39 is 0 Å². The molecule has 1 aliphatic rings. The molecule has 2 aromatic heterocycles. The highest BCUT2D eigenvalue weighted by Crippen LogP contribution is 2.35. The highest BCUT2D eigenvalue weighted by molar-refractivity contribution is 7.26. The normalized spacial score (nSPS) is 15.4. The zero-order chi connectivity index (χ0) is 14.4. The lowest BCUT2D eigenvalue weighted by Crippen LogP contribution is -2.53. The van der Waals surface area contributed by atoms with Gasteiger partial charge in [-0.3, -0.25) is 4.79 Å². The Labute approximate surface area is 129 Å². The fourth-order valence-corrected chi connectivity index (χ4v) is 4.32. The predicted octanol–water partition coefficient (Wildman–Crippen LogP) is 2.84. The average molecular weight is 316 g/mol. The number of likely N-dealkylation sites (tertiary alicyclic amines) is 1. The lowest BCUT2D eigenvalue weighted by molar-refractivity contribution is 0.00623. The van der Waals surface area contributed by atoms with E-state index in [0.29, 0.717) is 18.0 Å². The molecule has 106 valence electrons. The summed E-state index contributed by atoms with van der Waals surface area (Å²) in [6.45, 7) is 0.875. The standard InChI is InChI=1S/C15H12N2O2S2/c18-9-7-17(8-9)15(19)13-6-5-12(20-13)14-16-10-3-1-2-4-11(10)21-14/h1-6,9,18H,7-8H2. The van der Waals surface area contributed by atoms with Crippen molar-refractivity contribution in [1.29, 1.82) is 0 Å². The maximum atomic E-state index is 12.2. The molecular formula is C15H12N2O2S2. The van der Waals surface area contributed by atoms with Gasteiger partial charge in [-0.1, -0.05) is 12.1 Å². The van der Waals surface area contributed by atoms with Gasteiger partial charge in [-0.25, -0.2) is 4.98 Å². The average Bonchev–Trinajstić information content (AvgIpc) is 3.09. The number of carbonyl (C=O) groups is 1. The second kappa shape index (κ2) is 4.91. The fraction of sp³-hybridized carbons (Fsp3) is 0.200. The fourth-order valence-electron chi connectivity index (χ4n) is 2.32. The first-order valence-corrected chi connectivity index (χ1v) is 8.27. The number of aliphatic hydroxyl groups excluding tert-OH is 1. The number of hydrogen-bond acceptors (Lipinski definition) is 5. The van der Waals surface area contributed by atoms with Crippen molar-refractivity contribution in [2.45, 2.75) is 6.10 Å². The highest BCUT2D eigenvalue weighted by atomic mass is 32.1. The number of nitrogens with zero attached hydrogens (tertiary/aromatic N) is 2. The van der Waals surface area contributed by atoms with Crippen molar-refractivity contribution in [2.75, 3.05) is 13.1 Å². The predicted molar refractivity (Wildman–Crippen MR) is 84.8 cm³/mol. The molecule has 0 saturated carbocycles. The summed E-state index contributed by atoms with van der Waals surface area (Å²) in [7, 11) is 0. The molecule has 1 aromatic carbocycles. The minimum Gasteiger partial charge on any atom is -0.389 e. The van der Waals surface area contributed by atoms with E-state index in [9.17, 15) is 9.90 Å². The molecule has 0 radical (unpaired) electrons. The Morgan fingerprint density at radius 2 is 2.00 bits per heavy atom. The Morgan fingerprint density at radius 3 is 2.76 bits per heavy atom. The molecule has 1 amide bonds. The van der Waals surface area contributed by atoms with E-state index in [0.717, 1.165) is 20.1 Å². The van der Waals surface area contributed by atoms with Gasteiger partial charge >= 0.3 is 0 Å². The summed E-state index contributed by atoms with van der Waals surface area (Å²) in [5, 5.41) is 10.2. The van der Waals surface area contributed by atoms with Gasteiger partial charge in [0.1, 0.15) is 5.01 Å². The number of carbonyl (C=O) groups excluding carboxylic acids is 1. The monoisotopic (exact) mass is 316 g/mol. The van der Waals surface area contributed by atoms with E-state index in [1.54, 1.807) is 16.2 Å². The smallest absolute Gasteiger partial charge is 0.264 e. The van der Waals surface area contributed by atoms with Gasteiger partial charge in [-0.05, 0) is 24.3 Å². The number of β-amino-alcohol motifs (C(OH)–C–C–N with tert-alkyl or cyclic N) is 1. The molecule has 1 saturated heterocycles. The van der Waals surface area contributed by atoms with Crippen molar-refractivity contribution in [3.8, 4) is 9.88 Å². The van der Waals surface area contributed by atoms with Gasteiger partial charge in [0.05, 0.1) is 26.1 Å². The van der Waals surface area contributed by atoms with Crippen LogP contribution in [0.15, 0.2) is 36.4 Å². The van der Waals surface area contributed by atoms with Crippen LogP contribution in [-0.4, -0.2) is 40.1 Å². The molecule has 3 heterocycles. The van der Waals surface area contributed by atoms with Crippen LogP contribution in [0.25, 0.3) is 20.1 Å². The number of benzene rings is 1. The number of fused-ring (bicyclic) bond motifs is 1. The second-order valence-electron chi connectivity index (χ2n) is 5.01. The van der Waals surface area contributed by atoms with E-state index in [1.165, 1.54) is 11.3 Å². The zero-order valence-electron chi connectivity index (χ0n) is 11.0. The van der Waals surface area contributed by atoms with Crippen molar-refractivity contribution >= 4 is 38.8 Å². The Hall–Kier alpha value is -1.76. The molecule has 3 aromatic rings. The minimum atomic E-state index is -0.363. The zero-order valence-corrected chi connectivity index (χ0v) is 12.7. The summed E-state index contributed by atoms with van der Waals surface area (Å²) >= 11 is 3.10. The van der Waals surface area contributed by atoms with Gasteiger partial charge in [0.15, 0.2) is 0 Å². The van der Waals surface area contributed by atoms with Crippen LogP contribution in [0, 0.1) is 0 Å². The molecule has 0 bridgehead atoms. The van der Waals surface area contributed by atoms with Crippen LogP contribution < -0.4 is 0 Å². The Bertz CT molecular complexity index is 785. The van der Waals surface area contributed by atoms with Crippen LogP contribution in [0.4, 0.5) is 0 Å². The van der Waals surface area contributed by atoms with E-state index in [-0.39, 0.29) is 12.0 Å². The first-order chi connectivity index (χ1) is 10.2. The number of amides is 1. The topological polar surface area (TPSA) is 53.4 Å². The summed E-state index contributed by atoms with van der Waals surface area (Å²) in [4.78, 5) is 20.2. The van der Waals surface area contributed by atoms with Crippen LogP contribution in [0.3, 0.4) is 0 Å². The van der Waals surface area contributed by atoms with Crippen LogP contribution in [0.1, 0.15) is 9.67 Å². The van der Waals surface area contributed by atoms with Gasteiger partial charge < -0.3 is 10.0 Å². The first kappa shape index (κ1) is 12.9. The Balaban J connectivity index is 1.63. The third kappa shape index (κ3) is 2.25. The molecule has 4 rings (SSSR count). The SMILES string of the molecule is O=C(c1ccc(-c2nc3ccccc3s2)s1)N1CC(O)C1. The van der Waals surface area contributed by atoms with Crippen molar-refractivity contribution in [3.63, 3.8) is 0 Å². The van der Waals surface area contributed by atoms with E-state index in [2.05, 4.69) is 11.1 Å². The van der Waals surface area contributed by atoms with Crippen LogP contribution >= 0.6 is 22.7 Å². The molecule has 1 aliphatic heterocycles. The van der Waals surface area contributed by atoms with E-state index in [1.807, 2.05) is 30.3 Å². The Kier molecular flexibility index (Phi) is 3.02. The van der Waals surface area contributed by atoms with Gasteiger partial charge in [0.2, 0.25) is 0 Å². The molecule has 0 spiro atoms. The van der Waals surface area contributed by atoms with Gasteiger partial charge in [0.25, 0.3) is 5.91 Å². The number of aliphatic hydroxyl groups is 1. The maximum absolute atomic E-state index is 12.2. The van der Waals surface area contributed by atoms with Crippen LogP contribution in [0.2, 0.25) is 0 Å². The molecule has 0 atom stereocenters. The molecule has 1 N–H and O–H groups in total. The van der Waals surface area contributed by atoms with Crippen molar-refractivity contribution in [3.05, 3.63) is 41.3 Å². The minimum absolute atomic E-state index is 0.00217. The molecular weight excluding hydrogens is 304 g/mol. The lowest BCUT2D eigenvalue weighted by Gasteiger charge is -2.35. The van der Waals surface area contributed by atoms with Crippen molar-refractivity contribution < 1.29 is 9.90 Å². The number of para-hydroxylation sites is 1. The molecule has 21 heavy (non-hydrogen) atoms. The second-order valence-corrected chi connectivity index (χ2v) is 7.13. The molecule has 0 unspecified atom stereocenters. The van der Waals surface area contributed by atoms with E-state index >= 15 is 0 Å². The molecule has 0 aliphatic carbocycles. The summed E-state index contributed by atoms with van der Waals surface area (Å²) < 4.78 is 1.15. The Morgan fingerprint density at radius 1 is 1.19 bits per heavy atom. The lowest BCUT2D eigenvalue weighted by atomic mass is 10.1. The molecule has 6 heteroatoms. The molecule has 1 fully saturated rings. The van der Waals surface area contributed by atoms with Crippen molar-refractivity contribution in [1.82, 2.24) is 9.88 Å². The first-order valence-electron chi connectivity index (χ1n) is 6.64. The van der Waals surface area contributed by atoms with Gasteiger partial charge in [-0.15, -0.1) is 22.7 Å². The number of rotatable bonds is 2. The van der Waals surface area contributed by atoms with Gasteiger partial charge in [-0.2, -0.15) is 0 Å². The van der Waals surface area contributed by atoms with Crippen molar-refractivity contribution in [2.24, 2.45) is 0 Å². The van der Waals surface area contributed by atoms with Crippen LogP contribution in [-0.2, 0) is 0 Å². The quantitative estimate of drug-likeness (QED) is 0.791. The number of thiazole rings is 1. The van der Waals surface area contributed by atoms with Crippen LogP contribution in [0.5, 0.6) is 0 Å². The highest BCUT2D eigenvalue weighted by Gasteiger charge is 2.30. The summed E-state index contributed by atoms with van der Waals surface area (Å²) in [5.74, 6) is -0.00217. The summed E-state index contributed by atoms with van der Waals surface area (Å²) in [5.41, 5.74) is 0.990. The maximum Gasteiger partial charge on any atom is 0.264 e.